The molecular weight excluding hydrogens is 384 g/mol. The smallest absolute Gasteiger partial charge is 0.311 e. The van der Waals surface area contributed by atoms with Gasteiger partial charge in [0, 0.05) is 57.9 Å². The van der Waals surface area contributed by atoms with Crippen molar-refractivity contribution in [3.8, 4) is 11.5 Å². The lowest BCUT2D eigenvalue weighted by atomic mass is 10.0. The first-order chi connectivity index (χ1) is 14.5. The van der Waals surface area contributed by atoms with Crippen LogP contribution in [0.4, 0.5) is 0 Å². The molecule has 0 radical (unpaired) electrons. The lowest BCUT2D eigenvalue weighted by molar-refractivity contribution is -0.147. The quantitative estimate of drug-likeness (QED) is 0.740. The number of rotatable bonds is 4. The number of carbonyl (C=O) groups is 2. The summed E-state index contributed by atoms with van der Waals surface area (Å²) in [5.74, 6) is 0.774. The van der Waals surface area contributed by atoms with Crippen LogP contribution in [0.2, 0.25) is 0 Å². The van der Waals surface area contributed by atoms with Crippen molar-refractivity contribution in [2.24, 2.45) is 0 Å². The zero-order valence-corrected chi connectivity index (χ0v) is 17.9. The molecule has 164 valence electrons. The Bertz CT molecular complexity index is 776. The molecule has 30 heavy (non-hydrogen) atoms. The topological polar surface area (TPSA) is 74.4 Å². The first-order valence-corrected chi connectivity index (χ1v) is 10.9. The van der Waals surface area contributed by atoms with Crippen LogP contribution < -0.4 is 14.8 Å². The largest absolute Gasteiger partial charge is 0.454 e. The minimum atomic E-state index is -0.487. The molecule has 1 atom stereocenters. The molecule has 4 rings (SSSR count). The van der Waals surface area contributed by atoms with Gasteiger partial charge in [0.25, 0.3) is 0 Å². The van der Waals surface area contributed by atoms with Gasteiger partial charge in [-0.25, -0.2) is 0 Å². The molecule has 0 spiro atoms. The van der Waals surface area contributed by atoms with Gasteiger partial charge in [0.15, 0.2) is 11.5 Å². The highest BCUT2D eigenvalue weighted by Gasteiger charge is 2.32. The minimum absolute atomic E-state index is 0.0279. The Morgan fingerprint density at radius 2 is 1.87 bits per heavy atom. The second-order valence-corrected chi connectivity index (χ2v) is 8.68. The Morgan fingerprint density at radius 1 is 1.10 bits per heavy atom. The van der Waals surface area contributed by atoms with E-state index in [1.807, 2.05) is 19.9 Å². The molecule has 1 N–H and O–H groups in total. The van der Waals surface area contributed by atoms with Crippen LogP contribution in [0.25, 0.3) is 0 Å². The van der Waals surface area contributed by atoms with Crippen LogP contribution >= 0.6 is 0 Å². The van der Waals surface area contributed by atoms with Gasteiger partial charge in [-0.15, -0.1) is 0 Å². The number of fused-ring (bicyclic) bond motifs is 1. The van der Waals surface area contributed by atoms with Crippen molar-refractivity contribution < 1.29 is 19.1 Å². The van der Waals surface area contributed by atoms with Crippen molar-refractivity contribution >= 4 is 11.8 Å². The molecule has 8 nitrogen and oxygen atoms in total. The average molecular weight is 417 g/mol. The van der Waals surface area contributed by atoms with Crippen molar-refractivity contribution in [1.29, 1.82) is 0 Å². The van der Waals surface area contributed by atoms with Crippen molar-refractivity contribution in [3.63, 3.8) is 0 Å². The Morgan fingerprint density at radius 3 is 2.63 bits per heavy atom. The summed E-state index contributed by atoms with van der Waals surface area (Å²) in [6.07, 6.45) is 2.03. The molecule has 0 aromatic heterocycles. The Balaban J connectivity index is 1.26. The van der Waals surface area contributed by atoms with Crippen LogP contribution in [0.15, 0.2) is 18.2 Å². The number of piperidine rings is 1. The fourth-order valence-corrected chi connectivity index (χ4v) is 4.49. The summed E-state index contributed by atoms with van der Waals surface area (Å²) >= 11 is 0. The van der Waals surface area contributed by atoms with Gasteiger partial charge < -0.3 is 19.7 Å². The number of benzene rings is 1. The standard InChI is InChI=1S/C22H32N4O4/c1-16(2)23-21(27)22(28)26-7-3-4-18(14-26)25-10-8-24(9-11-25)13-17-5-6-19-20(12-17)30-15-29-19/h5-6,12,16,18H,3-4,7-11,13-15H2,1-2H3,(H,23,27). The van der Waals surface area contributed by atoms with E-state index < -0.39 is 11.8 Å². The molecule has 3 heterocycles. The van der Waals surface area contributed by atoms with Gasteiger partial charge >= 0.3 is 11.8 Å². The SMILES string of the molecule is CC(C)NC(=O)C(=O)N1CCCC(N2CCN(Cc3ccc4c(c3)OCO4)CC2)C1. The maximum Gasteiger partial charge on any atom is 0.311 e. The molecule has 1 aromatic carbocycles. The van der Waals surface area contributed by atoms with E-state index in [0.717, 1.165) is 57.1 Å². The van der Waals surface area contributed by atoms with E-state index in [1.165, 1.54) is 5.56 Å². The average Bonchev–Trinajstić information content (AvgIpc) is 3.21. The number of piperazine rings is 1. The number of hydrogen-bond acceptors (Lipinski definition) is 6. The van der Waals surface area contributed by atoms with E-state index in [2.05, 4.69) is 27.2 Å². The van der Waals surface area contributed by atoms with E-state index in [9.17, 15) is 9.59 Å². The van der Waals surface area contributed by atoms with Gasteiger partial charge in [-0.3, -0.25) is 19.4 Å². The fourth-order valence-electron chi connectivity index (χ4n) is 4.49. The number of amides is 2. The van der Waals surface area contributed by atoms with E-state index in [1.54, 1.807) is 4.90 Å². The molecule has 3 aliphatic heterocycles. The van der Waals surface area contributed by atoms with Crippen molar-refractivity contribution in [1.82, 2.24) is 20.0 Å². The second kappa shape index (κ2) is 9.22. The maximum absolute atomic E-state index is 12.5. The summed E-state index contributed by atoms with van der Waals surface area (Å²) in [6, 6.07) is 6.47. The summed E-state index contributed by atoms with van der Waals surface area (Å²) in [5.41, 5.74) is 1.23. The van der Waals surface area contributed by atoms with Gasteiger partial charge in [-0.1, -0.05) is 6.07 Å². The van der Waals surface area contributed by atoms with Gasteiger partial charge in [0.2, 0.25) is 6.79 Å². The Hall–Kier alpha value is -2.32. The summed E-state index contributed by atoms with van der Waals surface area (Å²) in [4.78, 5) is 31.2. The van der Waals surface area contributed by atoms with Crippen molar-refractivity contribution in [2.75, 3.05) is 46.1 Å². The van der Waals surface area contributed by atoms with Crippen LogP contribution in [-0.2, 0) is 16.1 Å². The highest BCUT2D eigenvalue weighted by molar-refractivity contribution is 6.35. The van der Waals surface area contributed by atoms with Crippen LogP contribution in [0.1, 0.15) is 32.3 Å². The molecule has 8 heteroatoms. The summed E-state index contributed by atoms with van der Waals surface area (Å²) in [6.45, 7) is 10.2. The highest BCUT2D eigenvalue weighted by atomic mass is 16.7. The van der Waals surface area contributed by atoms with Gasteiger partial charge in [-0.2, -0.15) is 0 Å². The monoisotopic (exact) mass is 416 g/mol. The minimum Gasteiger partial charge on any atom is -0.454 e. The van der Waals surface area contributed by atoms with Crippen LogP contribution in [0.3, 0.4) is 0 Å². The van der Waals surface area contributed by atoms with E-state index in [0.29, 0.717) is 25.9 Å². The Labute approximate surface area is 178 Å². The van der Waals surface area contributed by atoms with E-state index in [-0.39, 0.29) is 6.04 Å². The van der Waals surface area contributed by atoms with Gasteiger partial charge in [-0.05, 0) is 44.4 Å². The molecule has 2 amide bonds. The molecular formula is C22H32N4O4. The molecule has 1 unspecified atom stereocenters. The number of carbonyl (C=O) groups excluding carboxylic acids is 2. The lowest BCUT2D eigenvalue weighted by Crippen LogP contribution is -2.57. The lowest BCUT2D eigenvalue weighted by Gasteiger charge is -2.43. The second-order valence-electron chi connectivity index (χ2n) is 8.68. The summed E-state index contributed by atoms with van der Waals surface area (Å²) in [7, 11) is 0. The van der Waals surface area contributed by atoms with E-state index >= 15 is 0 Å². The van der Waals surface area contributed by atoms with Crippen LogP contribution in [0, 0.1) is 0 Å². The van der Waals surface area contributed by atoms with Gasteiger partial charge in [0.1, 0.15) is 0 Å². The molecule has 3 aliphatic rings. The first kappa shape index (κ1) is 20.9. The summed E-state index contributed by atoms with van der Waals surface area (Å²) < 4.78 is 10.9. The number of nitrogens with zero attached hydrogens (tertiary/aromatic N) is 3. The predicted octanol–water partition coefficient (Wildman–Crippen LogP) is 1.05. The normalized spacial score (nSPS) is 22.4. The molecule has 1 aromatic rings. The third-order valence-electron chi connectivity index (χ3n) is 6.06. The van der Waals surface area contributed by atoms with Crippen molar-refractivity contribution in [3.05, 3.63) is 23.8 Å². The third kappa shape index (κ3) is 4.87. The van der Waals surface area contributed by atoms with Crippen LogP contribution in [-0.4, -0.2) is 84.7 Å². The van der Waals surface area contributed by atoms with Crippen LogP contribution in [0.5, 0.6) is 11.5 Å². The van der Waals surface area contributed by atoms with Gasteiger partial charge in [0.05, 0.1) is 0 Å². The molecule has 0 bridgehead atoms. The first-order valence-electron chi connectivity index (χ1n) is 10.9. The third-order valence-corrected chi connectivity index (χ3v) is 6.06. The van der Waals surface area contributed by atoms with Crippen molar-refractivity contribution in [2.45, 2.75) is 45.3 Å². The molecule has 2 fully saturated rings. The molecule has 0 saturated carbocycles. The zero-order valence-electron chi connectivity index (χ0n) is 17.9. The molecule has 0 aliphatic carbocycles. The summed E-state index contributed by atoms with van der Waals surface area (Å²) in [5, 5.41) is 2.71. The molecule has 2 saturated heterocycles. The predicted molar refractivity (Wildman–Crippen MR) is 112 cm³/mol. The Kier molecular flexibility index (Phi) is 6.43. The number of ether oxygens (including phenoxy) is 2. The number of nitrogens with one attached hydrogen (secondary N) is 1. The zero-order chi connectivity index (χ0) is 21.1. The van der Waals surface area contributed by atoms with E-state index in [4.69, 9.17) is 9.47 Å². The highest BCUT2D eigenvalue weighted by Crippen LogP contribution is 2.33. The fraction of sp³-hybridized carbons (Fsp3) is 0.636. The number of hydrogen-bond donors (Lipinski definition) is 1. The number of likely N-dealkylation sites (tertiary alicyclic amines) is 1. The maximum atomic E-state index is 12.5.